The van der Waals surface area contributed by atoms with Crippen LogP contribution < -0.4 is 10.6 Å². The fraction of sp³-hybridized carbons (Fsp3) is 0.500. The average molecular weight is 234 g/mol. The van der Waals surface area contributed by atoms with E-state index in [9.17, 15) is 0 Å². The quantitative estimate of drug-likeness (QED) is 0.591. The van der Waals surface area contributed by atoms with Crippen LogP contribution in [0.5, 0.6) is 0 Å². The van der Waals surface area contributed by atoms with Gasteiger partial charge >= 0.3 is 0 Å². The molecule has 1 aliphatic heterocycles. The molecule has 1 aliphatic rings. The Hall–Kier alpha value is -1.62. The number of pyridine rings is 1. The standard InChI is InChI=1S/C12H18N4O/c1-12(2)8-16(5-6-17-12)9-3-4-10(11(13)14)15-7-9/h3-4,7H,5-6,8H2,1-2H3,(H3,13,14). The Bertz CT molecular complexity index is 413. The largest absolute Gasteiger partial charge is 0.382 e. The maximum absolute atomic E-state index is 7.30. The molecule has 5 heteroatoms. The van der Waals surface area contributed by atoms with Crippen LogP contribution in [-0.4, -0.2) is 36.1 Å². The zero-order chi connectivity index (χ0) is 12.5. The number of nitrogens with one attached hydrogen (secondary N) is 1. The molecule has 0 spiro atoms. The summed E-state index contributed by atoms with van der Waals surface area (Å²) in [6.45, 7) is 6.59. The van der Waals surface area contributed by atoms with Crippen LogP contribution >= 0.6 is 0 Å². The van der Waals surface area contributed by atoms with E-state index in [2.05, 4.69) is 23.7 Å². The van der Waals surface area contributed by atoms with Crippen LogP contribution in [0.2, 0.25) is 0 Å². The second kappa shape index (κ2) is 4.33. The molecule has 2 heterocycles. The Morgan fingerprint density at radius 2 is 2.29 bits per heavy atom. The maximum Gasteiger partial charge on any atom is 0.141 e. The van der Waals surface area contributed by atoms with Gasteiger partial charge in [0.25, 0.3) is 0 Å². The van der Waals surface area contributed by atoms with Crippen molar-refractivity contribution >= 4 is 11.5 Å². The van der Waals surface area contributed by atoms with Crippen molar-refractivity contribution in [3.8, 4) is 0 Å². The topological polar surface area (TPSA) is 75.2 Å². The highest BCUT2D eigenvalue weighted by Crippen LogP contribution is 2.22. The van der Waals surface area contributed by atoms with Crippen molar-refractivity contribution in [2.24, 2.45) is 5.73 Å². The number of nitrogen functional groups attached to an aromatic ring is 1. The smallest absolute Gasteiger partial charge is 0.141 e. The minimum absolute atomic E-state index is 0.00106. The van der Waals surface area contributed by atoms with Gasteiger partial charge in [-0.25, -0.2) is 0 Å². The molecule has 0 saturated carbocycles. The Labute approximate surface area is 101 Å². The number of nitrogens with zero attached hydrogens (tertiary/aromatic N) is 2. The maximum atomic E-state index is 7.30. The summed E-state index contributed by atoms with van der Waals surface area (Å²) in [7, 11) is 0. The van der Waals surface area contributed by atoms with E-state index in [-0.39, 0.29) is 11.4 Å². The first-order valence-electron chi connectivity index (χ1n) is 5.67. The minimum Gasteiger partial charge on any atom is -0.382 e. The van der Waals surface area contributed by atoms with Crippen LogP contribution in [0, 0.1) is 5.41 Å². The number of amidine groups is 1. The lowest BCUT2D eigenvalue weighted by Crippen LogP contribution is -2.48. The van der Waals surface area contributed by atoms with Gasteiger partial charge in [-0.1, -0.05) is 0 Å². The van der Waals surface area contributed by atoms with Crippen molar-refractivity contribution in [1.82, 2.24) is 4.98 Å². The molecule has 1 fully saturated rings. The number of rotatable bonds is 2. The molecule has 0 radical (unpaired) electrons. The summed E-state index contributed by atoms with van der Waals surface area (Å²) in [5.41, 5.74) is 6.81. The first kappa shape index (κ1) is 11.9. The number of nitrogens with two attached hydrogens (primary N) is 1. The molecule has 1 aromatic heterocycles. The molecular formula is C12H18N4O. The lowest BCUT2D eigenvalue weighted by Gasteiger charge is -2.39. The number of morpholine rings is 1. The summed E-state index contributed by atoms with van der Waals surface area (Å²) in [5, 5.41) is 7.30. The summed E-state index contributed by atoms with van der Waals surface area (Å²) >= 11 is 0. The Morgan fingerprint density at radius 1 is 1.53 bits per heavy atom. The van der Waals surface area contributed by atoms with Gasteiger partial charge in [-0.2, -0.15) is 0 Å². The van der Waals surface area contributed by atoms with Crippen LogP contribution in [0.1, 0.15) is 19.5 Å². The van der Waals surface area contributed by atoms with Gasteiger partial charge in [-0.05, 0) is 26.0 Å². The van der Waals surface area contributed by atoms with Crippen molar-refractivity contribution in [2.75, 3.05) is 24.6 Å². The molecule has 1 saturated heterocycles. The minimum atomic E-state index is -0.127. The number of ether oxygens (including phenoxy) is 1. The van der Waals surface area contributed by atoms with E-state index in [0.29, 0.717) is 5.69 Å². The summed E-state index contributed by atoms with van der Waals surface area (Å²) < 4.78 is 5.66. The molecule has 0 bridgehead atoms. The molecule has 92 valence electrons. The molecular weight excluding hydrogens is 216 g/mol. The van der Waals surface area contributed by atoms with Crippen molar-refractivity contribution in [1.29, 1.82) is 5.41 Å². The fourth-order valence-corrected chi connectivity index (χ4v) is 1.97. The number of hydrogen-bond donors (Lipinski definition) is 2. The molecule has 2 rings (SSSR count). The lowest BCUT2D eigenvalue weighted by atomic mass is 10.1. The van der Waals surface area contributed by atoms with Gasteiger partial charge in [0.15, 0.2) is 0 Å². The predicted molar refractivity (Wildman–Crippen MR) is 67.5 cm³/mol. The lowest BCUT2D eigenvalue weighted by molar-refractivity contribution is -0.0277. The second-order valence-corrected chi connectivity index (χ2v) is 4.85. The highest BCUT2D eigenvalue weighted by Gasteiger charge is 2.27. The molecule has 17 heavy (non-hydrogen) atoms. The summed E-state index contributed by atoms with van der Waals surface area (Å²) in [4.78, 5) is 6.41. The highest BCUT2D eigenvalue weighted by molar-refractivity contribution is 5.93. The molecule has 3 N–H and O–H groups in total. The summed E-state index contributed by atoms with van der Waals surface area (Å²) in [5.74, 6) is -0.00106. The first-order chi connectivity index (χ1) is 7.98. The van der Waals surface area contributed by atoms with Crippen LogP contribution in [0.3, 0.4) is 0 Å². The van der Waals surface area contributed by atoms with Gasteiger partial charge < -0.3 is 15.4 Å². The Balaban J connectivity index is 2.14. The Morgan fingerprint density at radius 3 is 2.82 bits per heavy atom. The molecule has 0 aromatic carbocycles. The van der Waals surface area contributed by atoms with E-state index in [0.717, 1.165) is 25.4 Å². The summed E-state index contributed by atoms with van der Waals surface area (Å²) in [6.07, 6.45) is 1.76. The zero-order valence-electron chi connectivity index (χ0n) is 10.2. The number of aromatic nitrogens is 1. The molecule has 0 unspecified atom stereocenters. The second-order valence-electron chi connectivity index (χ2n) is 4.85. The van der Waals surface area contributed by atoms with Crippen LogP contribution in [-0.2, 0) is 4.74 Å². The molecule has 0 atom stereocenters. The van der Waals surface area contributed by atoms with Crippen molar-refractivity contribution < 1.29 is 4.74 Å². The molecule has 0 aliphatic carbocycles. The van der Waals surface area contributed by atoms with Gasteiger partial charge in [0, 0.05) is 13.1 Å². The van der Waals surface area contributed by atoms with Crippen LogP contribution in [0.25, 0.3) is 0 Å². The van der Waals surface area contributed by atoms with Crippen molar-refractivity contribution in [3.63, 3.8) is 0 Å². The van der Waals surface area contributed by atoms with Gasteiger partial charge in [-0.15, -0.1) is 0 Å². The molecule has 1 aromatic rings. The van der Waals surface area contributed by atoms with E-state index < -0.39 is 0 Å². The van der Waals surface area contributed by atoms with Gasteiger partial charge in [-0.3, -0.25) is 10.4 Å². The Kier molecular flexibility index (Phi) is 3.02. The normalized spacial score (nSPS) is 19.1. The third-order valence-corrected chi connectivity index (χ3v) is 2.81. The van der Waals surface area contributed by atoms with Crippen LogP contribution in [0.4, 0.5) is 5.69 Å². The zero-order valence-corrected chi connectivity index (χ0v) is 10.2. The molecule has 0 amide bonds. The van der Waals surface area contributed by atoms with Gasteiger partial charge in [0.2, 0.25) is 0 Å². The van der Waals surface area contributed by atoms with E-state index in [1.54, 1.807) is 12.3 Å². The van der Waals surface area contributed by atoms with Crippen molar-refractivity contribution in [2.45, 2.75) is 19.4 Å². The van der Waals surface area contributed by atoms with Gasteiger partial charge in [0.05, 0.1) is 24.1 Å². The van der Waals surface area contributed by atoms with Crippen LogP contribution in [0.15, 0.2) is 18.3 Å². The van der Waals surface area contributed by atoms with Crippen molar-refractivity contribution in [3.05, 3.63) is 24.0 Å². The first-order valence-corrected chi connectivity index (χ1v) is 5.67. The predicted octanol–water partition coefficient (Wildman–Crippen LogP) is 0.981. The van der Waals surface area contributed by atoms with E-state index >= 15 is 0 Å². The van der Waals surface area contributed by atoms with Gasteiger partial charge in [0.1, 0.15) is 11.5 Å². The van der Waals surface area contributed by atoms with E-state index in [1.807, 2.05) is 6.07 Å². The SMILES string of the molecule is CC1(C)CN(c2ccc(C(=N)N)nc2)CCO1. The van der Waals surface area contributed by atoms with E-state index in [4.69, 9.17) is 15.9 Å². The number of anilines is 1. The number of hydrogen-bond acceptors (Lipinski definition) is 4. The fourth-order valence-electron chi connectivity index (χ4n) is 1.97. The monoisotopic (exact) mass is 234 g/mol. The summed E-state index contributed by atoms with van der Waals surface area (Å²) in [6, 6.07) is 3.73. The average Bonchev–Trinajstić information content (AvgIpc) is 2.28. The van der Waals surface area contributed by atoms with E-state index in [1.165, 1.54) is 0 Å². The third kappa shape index (κ3) is 2.74. The molecule has 5 nitrogen and oxygen atoms in total. The highest BCUT2D eigenvalue weighted by atomic mass is 16.5. The third-order valence-electron chi connectivity index (χ3n) is 2.81.